The molecule has 1 amide bonds. The van der Waals surface area contributed by atoms with Gasteiger partial charge in [-0.05, 0) is 50.3 Å². The number of halogens is 1. The summed E-state index contributed by atoms with van der Waals surface area (Å²) in [5, 5.41) is 2.59. The summed E-state index contributed by atoms with van der Waals surface area (Å²) in [6.07, 6.45) is 3.71. The molecule has 0 aliphatic rings. The van der Waals surface area contributed by atoms with E-state index >= 15 is 0 Å². The van der Waals surface area contributed by atoms with E-state index in [1.807, 2.05) is 13.8 Å². The van der Waals surface area contributed by atoms with Crippen LogP contribution in [0.4, 0.5) is 9.18 Å². The summed E-state index contributed by atoms with van der Waals surface area (Å²) in [6.45, 7) is 7.93. The van der Waals surface area contributed by atoms with E-state index in [9.17, 15) is 9.18 Å². The second-order valence-electron chi connectivity index (χ2n) is 5.63. The Bertz CT molecular complexity index is 466. The molecule has 0 bridgehead atoms. The molecule has 0 aliphatic heterocycles. The molecule has 0 saturated carbocycles. The van der Waals surface area contributed by atoms with Gasteiger partial charge in [0.1, 0.15) is 0 Å². The van der Waals surface area contributed by atoms with Crippen molar-refractivity contribution in [3.8, 4) is 5.75 Å². The van der Waals surface area contributed by atoms with E-state index in [0.29, 0.717) is 5.92 Å². The number of benzene rings is 1. The van der Waals surface area contributed by atoms with E-state index in [1.54, 1.807) is 12.1 Å². The van der Waals surface area contributed by atoms with Gasteiger partial charge in [-0.25, -0.2) is 9.18 Å². The first-order chi connectivity index (χ1) is 9.97. The largest absolute Gasteiger partial charge is 0.412 e. The summed E-state index contributed by atoms with van der Waals surface area (Å²) in [4.78, 5) is 11.6. The highest BCUT2D eigenvalue weighted by molar-refractivity contribution is 5.70. The minimum atomic E-state index is -0.623. The van der Waals surface area contributed by atoms with Crippen molar-refractivity contribution in [2.24, 2.45) is 0 Å². The first-order valence-electron chi connectivity index (χ1n) is 7.75. The molecule has 4 heteroatoms. The number of unbranched alkanes of at least 4 members (excludes halogenated alkanes) is 1. The second-order valence-corrected chi connectivity index (χ2v) is 5.63. The third-order valence-corrected chi connectivity index (χ3v) is 3.43. The van der Waals surface area contributed by atoms with Crippen LogP contribution in [0.1, 0.15) is 66.3 Å². The Kier molecular flexibility index (Phi) is 7.20. The Morgan fingerprint density at radius 2 is 2.10 bits per heavy atom. The highest BCUT2D eigenvalue weighted by Crippen LogP contribution is 2.29. The maximum atomic E-state index is 13.8. The van der Waals surface area contributed by atoms with Crippen LogP contribution in [0, 0.1) is 5.82 Å². The van der Waals surface area contributed by atoms with Crippen molar-refractivity contribution >= 4 is 6.09 Å². The molecule has 3 nitrogen and oxygen atoms in total. The summed E-state index contributed by atoms with van der Waals surface area (Å²) in [5.41, 5.74) is 1.03. The van der Waals surface area contributed by atoms with Gasteiger partial charge in [-0.15, -0.1) is 0 Å². The van der Waals surface area contributed by atoms with Crippen molar-refractivity contribution < 1.29 is 15.3 Å². The predicted octanol–water partition coefficient (Wildman–Crippen LogP) is 5.25. The molecule has 0 saturated heterocycles. The van der Waals surface area contributed by atoms with Crippen molar-refractivity contribution in [2.45, 2.75) is 65.3 Å². The minimum absolute atomic E-state index is 0. The van der Waals surface area contributed by atoms with E-state index in [4.69, 9.17) is 4.74 Å². The first kappa shape index (κ1) is 17.5. The average Bonchev–Trinajstić information content (AvgIpc) is 2.42. The number of amides is 1. The summed E-state index contributed by atoms with van der Waals surface area (Å²) in [5.74, 6) is -0.135. The van der Waals surface area contributed by atoms with Gasteiger partial charge in [-0.3, -0.25) is 0 Å². The van der Waals surface area contributed by atoms with Crippen LogP contribution in [-0.4, -0.2) is 12.1 Å². The molecule has 0 heterocycles. The standard InChI is InChI=1S/C17H26FNO2.H2/c1-5-7-8-13(6-2)14-9-10-15(18)16(11-14)21-17(20)19-12(3)4;/h9-13H,5-8H2,1-4H3,(H,19,20);1H. The zero-order valence-electron chi connectivity index (χ0n) is 13.4. The van der Waals surface area contributed by atoms with Gasteiger partial charge >= 0.3 is 6.09 Å². The molecule has 1 aromatic carbocycles. The Labute approximate surface area is 128 Å². The lowest BCUT2D eigenvalue weighted by Crippen LogP contribution is -2.32. The molecular formula is C17H28FNO2. The number of hydrogen-bond acceptors (Lipinski definition) is 2. The zero-order chi connectivity index (χ0) is 15.8. The Hall–Kier alpha value is -1.58. The molecular weight excluding hydrogens is 269 g/mol. The van der Waals surface area contributed by atoms with E-state index in [-0.39, 0.29) is 13.2 Å². The molecule has 120 valence electrons. The third kappa shape index (κ3) is 5.74. The maximum Gasteiger partial charge on any atom is 0.412 e. The normalized spacial score (nSPS) is 12.3. The molecule has 0 radical (unpaired) electrons. The van der Waals surface area contributed by atoms with Crippen molar-refractivity contribution in [2.75, 3.05) is 0 Å². The van der Waals surface area contributed by atoms with Crippen LogP contribution >= 0.6 is 0 Å². The number of carbonyl (C=O) groups is 1. The molecule has 0 aliphatic carbocycles. The summed E-state index contributed by atoms with van der Waals surface area (Å²) in [7, 11) is 0. The highest BCUT2D eigenvalue weighted by Gasteiger charge is 2.15. The quantitative estimate of drug-likeness (QED) is 0.746. The smallest absolute Gasteiger partial charge is 0.407 e. The van der Waals surface area contributed by atoms with Crippen LogP contribution in [0.3, 0.4) is 0 Å². The number of nitrogens with one attached hydrogen (secondary N) is 1. The van der Waals surface area contributed by atoms with Crippen molar-refractivity contribution in [1.82, 2.24) is 5.32 Å². The van der Waals surface area contributed by atoms with Gasteiger partial charge in [-0.2, -0.15) is 0 Å². The topological polar surface area (TPSA) is 38.3 Å². The summed E-state index contributed by atoms with van der Waals surface area (Å²) in [6, 6.07) is 4.77. The second kappa shape index (κ2) is 8.65. The Balaban J connectivity index is 0.00000441. The molecule has 1 rings (SSSR count). The number of ether oxygens (including phenoxy) is 1. The Morgan fingerprint density at radius 1 is 1.38 bits per heavy atom. The van der Waals surface area contributed by atoms with E-state index < -0.39 is 11.9 Å². The average molecular weight is 297 g/mol. The number of carbonyl (C=O) groups excluding carboxylic acids is 1. The van der Waals surface area contributed by atoms with Gasteiger partial charge in [0.15, 0.2) is 11.6 Å². The van der Waals surface area contributed by atoms with Gasteiger partial charge in [0, 0.05) is 7.47 Å². The zero-order valence-corrected chi connectivity index (χ0v) is 13.4. The van der Waals surface area contributed by atoms with E-state index in [1.165, 1.54) is 6.07 Å². The van der Waals surface area contributed by atoms with Gasteiger partial charge in [0.05, 0.1) is 0 Å². The number of rotatable bonds is 7. The van der Waals surface area contributed by atoms with Crippen LogP contribution < -0.4 is 10.1 Å². The number of hydrogen-bond donors (Lipinski definition) is 1. The van der Waals surface area contributed by atoms with Gasteiger partial charge < -0.3 is 10.1 Å². The van der Waals surface area contributed by atoms with Crippen LogP contribution in [-0.2, 0) is 0 Å². The van der Waals surface area contributed by atoms with E-state index in [2.05, 4.69) is 19.2 Å². The van der Waals surface area contributed by atoms with Gasteiger partial charge in [-0.1, -0.05) is 32.8 Å². The summed E-state index contributed by atoms with van der Waals surface area (Å²) < 4.78 is 18.9. The molecule has 1 N–H and O–H groups in total. The van der Waals surface area contributed by atoms with Crippen molar-refractivity contribution in [3.63, 3.8) is 0 Å². The fraction of sp³-hybridized carbons (Fsp3) is 0.588. The monoisotopic (exact) mass is 297 g/mol. The van der Waals surface area contributed by atoms with Gasteiger partial charge in [0.25, 0.3) is 0 Å². The minimum Gasteiger partial charge on any atom is -0.407 e. The maximum absolute atomic E-state index is 13.8. The molecule has 0 aromatic heterocycles. The highest BCUT2D eigenvalue weighted by atomic mass is 19.1. The van der Waals surface area contributed by atoms with Crippen LogP contribution in [0.5, 0.6) is 5.75 Å². The van der Waals surface area contributed by atoms with Gasteiger partial charge in [0.2, 0.25) is 0 Å². The lowest BCUT2D eigenvalue weighted by molar-refractivity contribution is 0.195. The van der Waals surface area contributed by atoms with Crippen LogP contribution in [0.25, 0.3) is 0 Å². The predicted molar refractivity (Wildman–Crippen MR) is 85.4 cm³/mol. The molecule has 1 unspecified atom stereocenters. The first-order valence-corrected chi connectivity index (χ1v) is 7.75. The molecule has 1 atom stereocenters. The SMILES string of the molecule is CCCCC(CC)c1ccc(F)c(OC(=O)NC(C)C)c1.[HH]. The molecule has 1 aromatic rings. The Morgan fingerprint density at radius 3 is 2.67 bits per heavy atom. The lowest BCUT2D eigenvalue weighted by Gasteiger charge is -2.16. The molecule has 0 spiro atoms. The van der Waals surface area contributed by atoms with Crippen LogP contribution in [0.15, 0.2) is 18.2 Å². The van der Waals surface area contributed by atoms with Crippen molar-refractivity contribution in [3.05, 3.63) is 29.6 Å². The van der Waals surface area contributed by atoms with E-state index in [0.717, 1.165) is 31.2 Å². The van der Waals surface area contributed by atoms with Crippen molar-refractivity contribution in [1.29, 1.82) is 0 Å². The lowest BCUT2D eigenvalue weighted by atomic mass is 9.91. The third-order valence-electron chi connectivity index (χ3n) is 3.43. The fourth-order valence-electron chi connectivity index (χ4n) is 2.27. The fourth-order valence-corrected chi connectivity index (χ4v) is 2.27. The molecule has 21 heavy (non-hydrogen) atoms. The van der Waals surface area contributed by atoms with Crippen LogP contribution in [0.2, 0.25) is 0 Å². The molecule has 0 fully saturated rings. The summed E-state index contributed by atoms with van der Waals surface area (Å²) >= 11 is 0.